The standard InChI is InChI=1S/C15H22N2O/c1-12-3-5-13(6-4-12)15(11-16)8-7-14(18)17(2)10-9-15/h3-6H,7-11,16H2,1-2H3. The van der Waals surface area contributed by atoms with Gasteiger partial charge in [-0.25, -0.2) is 0 Å². The molecule has 1 aliphatic rings. The second-order valence-electron chi connectivity index (χ2n) is 5.42. The van der Waals surface area contributed by atoms with Crippen LogP contribution in [0.25, 0.3) is 0 Å². The van der Waals surface area contributed by atoms with Crippen molar-refractivity contribution < 1.29 is 4.79 Å². The van der Waals surface area contributed by atoms with E-state index in [0.717, 1.165) is 19.4 Å². The number of amides is 1. The average molecular weight is 246 g/mol. The molecule has 0 saturated carbocycles. The van der Waals surface area contributed by atoms with Gasteiger partial charge in [0.15, 0.2) is 0 Å². The smallest absolute Gasteiger partial charge is 0.222 e. The molecule has 0 aromatic heterocycles. The van der Waals surface area contributed by atoms with Gasteiger partial charge in [0.1, 0.15) is 0 Å². The molecule has 1 aromatic carbocycles. The Morgan fingerprint density at radius 1 is 1.28 bits per heavy atom. The first-order valence-corrected chi connectivity index (χ1v) is 6.59. The van der Waals surface area contributed by atoms with Crippen molar-refractivity contribution in [3.05, 3.63) is 35.4 Å². The molecule has 1 saturated heterocycles. The summed E-state index contributed by atoms with van der Waals surface area (Å²) in [7, 11) is 1.88. The minimum absolute atomic E-state index is 0.0336. The SMILES string of the molecule is Cc1ccc(C2(CN)CCC(=O)N(C)CC2)cc1. The molecule has 1 heterocycles. The Hall–Kier alpha value is -1.35. The Morgan fingerprint density at radius 2 is 1.94 bits per heavy atom. The second kappa shape index (κ2) is 5.11. The van der Waals surface area contributed by atoms with E-state index in [9.17, 15) is 4.79 Å². The third kappa shape index (κ3) is 2.41. The molecular weight excluding hydrogens is 224 g/mol. The zero-order valence-corrected chi connectivity index (χ0v) is 11.3. The minimum Gasteiger partial charge on any atom is -0.346 e. The number of carbonyl (C=O) groups excluding carboxylic acids is 1. The van der Waals surface area contributed by atoms with E-state index < -0.39 is 0 Å². The number of hydrogen-bond donors (Lipinski definition) is 1. The fraction of sp³-hybridized carbons (Fsp3) is 0.533. The highest BCUT2D eigenvalue weighted by Gasteiger charge is 2.34. The van der Waals surface area contributed by atoms with E-state index in [4.69, 9.17) is 5.73 Å². The van der Waals surface area contributed by atoms with Crippen LogP contribution in [0, 0.1) is 6.92 Å². The third-order valence-corrected chi connectivity index (χ3v) is 4.22. The predicted octanol–water partition coefficient (Wildman–Crippen LogP) is 1.83. The maximum absolute atomic E-state index is 11.8. The third-order valence-electron chi connectivity index (χ3n) is 4.22. The Bertz CT molecular complexity index is 427. The van der Waals surface area contributed by atoms with Crippen LogP contribution in [0.2, 0.25) is 0 Å². The van der Waals surface area contributed by atoms with Gasteiger partial charge in [-0.3, -0.25) is 4.79 Å². The van der Waals surface area contributed by atoms with E-state index in [1.54, 1.807) is 0 Å². The number of nitrogens with two attached hydrogens (primary N) is 1. The second-order valence-corrected chi connectivity index (χ2v) is 5.42. The molecule has 0 radical (unpaired) electrons. The number of hydrogen-bond acceptors (Lipinski definition) is 2. The van der Waals surface area contributed by atoms with Crippen LogP contribution in [-0.4, -0.2) is 30.9 Å². The average Bonchev–Trinajstić information content (AvgIpc) is 2.53. The van der Waals surface area contributed by atoms with Crippen molar-refractivity contribution in [2.75, 3.05) is 20.1 Å². The van der Waals surface area contributed by atoms with Crippen molar-refractivity contribution in [2.24, 2.45) is 5.73 Å². The maximum atomic E-state index is 11.8. The van der Waals surface area contributed by atoms with Crippen LogP contribution in [0.1, 0.15) is 30.4 Å². The zero-order valence-electron chi connectivity index (χ0n) is 11.3. The minimum atomic E-state index is -0.0336. The summed E-state index contributed by atoms with van der Waals surface area (Å²) in [5.41, 5.74) is 8.54. The summed E-state index contributed by atoms with van der Waals surface area (Å²) in [6.45, 7) is 3.49. The van der Waals surface area contributed by atoms with E-state index in [1.165, 1.54) is 11.1 Å². The van der Waals surface area contributed by atoms with Crippen LogP contribution in [-0.2, 0) is 10.2 Å². The van der Waals surface area contributed by atoms with Gasteiger partial charge in [0.2, 0.25) is 5.91 Å². The van der Waals surface area contributed by atoms with Crippen molar-refractivity contribution in [3.8, 4) is 0 Å². The number of benzene rings is 1. The summed E-state index contributed by atoms with van der Waals surface area (Å²) in [6, 6.07) is 8.59. The normalized spacial score (nSPS) is 25.1. The van der Waals surface area contributed by atoms with Gasteiger partial charge in [-0.2, -0.15) is 0 Å². The molecule has 2 rings (SSSR count). The Morgan fingerprint density at radius 3 is 2.56 bits per heavy atom. The molecule has 0 spiro atoms. The highest BCUT2D eigenvalue weighted by atomic mass is 16.2. The largest absolute Gasteiger partial charge is 0.346 e. The summed E-state index contributed by atoms with van der Waals surface area (Å²) in [5, 5.41) is 0. The molecule has 1 fully saturated rings. The number of aryl methyl sites for hydroxylation is 1. The first kappa shape index (κ1) is 13.1. The van der Waals surface area contributed by atoms with Gasteiger partial charge < -0.3 is 10.6 Å². The summed E-state index contributed by atoms with van der Waals surface area (Å²) < 4.78 is 0. The Kier molecular flexibility index (Phi) is 3.71. The lowest BCUT2D eigenvalue weighted by Crippen LogP contribution is -2.36. The molecule has 98 valence electrons. The maximum Gasteiger partial charge on any atom is 0.222 e. The summed E-state index contributed by atoms with van der Waals surface area (Å²) >= 11 is 0. The molecule has 1 unspecified atom stereocenters. The first-order valence-electron chi connectivity index (χ1n) is 6.59. The van der Waals surface area contributed by atoms with E-state index in [-0.39, 0.29) is 11.3 Å². The van der Waals surface area contributed by atoms with Gasteiger partial charge in [0.05, 0.1) is 0 Å². The lowest BCUT2D eigenvalue weighted by atomic mass is 9.74. The van der Waals surface area contributed by atoms with Crippen molar-refractivity contribution in [1.82, 2.24) is 4.90 Å². The fourth-order valence-electron chi connectivity index (χ4n) is 2.69. The summed E-state index contributed by atoms with van der Waals surface area (Å²) in [4.78, 5) is 13.6. The molecule has 0 bridgehead atoms. The number of nitrogens with zero attached hydrogens (tertiary/aromatic N) is 1. The molecule has 2 N–H and O–H groups in total. The van der Waals surface area contributed by atoms with Crippen LogP contribution < -0.4 is 5.73 Å². The van der Waals surface area contributed by atoms with E-state index in [1.807, 2.05) is 11.9 Å². The molecular formula is C15H22N2O. The Labute approximate surface area is 109 Å². The van der Waals surface area contributed by atoms with Crippen LogP contribution in [0.5, 0.6) is 0 Å². The molecule has 1 aliphatic heterocycles. The first-order chi connectivity index (χ1) is 8.57. The molecule has 3 nitrogen and oxygen atoms in total. The van der Waals surface area contributed by atoms with Gasteiger partial charge in [0.25, 0.3) is 0 Å². The van der Waals surface area contributed by atoms with Gasteiger partial charge in [-0.1, -0.05) is 29.8 Å². The summed E-state index contributed by atoms with van der Waals surface area (Å²) in [5.74, 6) is 0.234. The van der Waals surface area contributed by atoms with Crippen molar-refractivity contribution >= 4 is 5.91 Å². The van der Waals surface area contributed by atoms with Crippen LogP contribution in [0.15, 0.2) is 24.3 Å². The fourth-order valence-corrected chi connectivity index (χ4v) is 2.69. The van der Waals surface area contributed by atoms with E-state index >= 15 is 0 Å². The van der Waals surface area contributed by atoms with E-state index in [0.29, 0.717) is 13.0 Å². The van der Waals surface area contributed by atoms with Crippen LogP contribution >= 0.6 is 0 Å². The Balaban J connectivity index is 2.30. The van der Waals surface area contributed by atoms with Crippen LogP contribution in [0.3, 0.4) is 0 Å². The van der Waals surface area contributed by atoms with Crippen LogP contribution in [0.4, 0.5) is 0 Å². The molecule has 3 heteroatoms. The molecule has 0 aliphatic carbocycles. The molecule has 1 amide bonds. The van der Waals surface area contributed by atoms with Crippen molar-refractivity contribution in [2.45, 2.75) is 31.6 Å². The highest BCUT2D eigenvalue weighted by Crippen LogP contribution is 2.34. The van der Waals surface area contributed by atoms with Crippen molar-refractivity contribution in [3.63, 3.8) is 0 Å². The quantitative estimate of drug-likeness (QED) is 0.865. The van der Waals surface area contributed by atoms with Gasteiger partial charge in [-0.05, 0) is 25.3 Å². The van der Waals surface area contributed by atoms with Gasteiger partial charge >= 0.3 is 0 Å². The number of rotatable bonds is 2. The van der Waals surface area contributed by atoms with Gasteiger partial charge in [-0.15, -0.1) is 0 Å². The summed E-state index contributed by atoms with van der Waals surface area (Å²) in [6.07, 6.45) is 2.41. The number of likely N-dealkylation sites (tertiary alicyclic amines) is 1. The zero-order chi connectivity index (χ0) is 13.2. The molecule has 1 aromatic rings. The predicted molar refractivity (Wildman–Crippen MR) is 73.4 cm³/mol. The van der Waals surface area contributed by atoms with E-state index in [2.05, 4.69) is 31.2 Å². The lowest BCUT2D eigenvalue weighted by Gasteiger charge is -2.31. The molecule has 1 atom stereocenters. The lowest BCUT2D eigenvalue weighted by molar-refractivity contribution is -0.129. The highest BCUT2D eigenvalue weighted by molar-refractivity contribution is 5.76. The topological polar surface area (TPSA) is 46.3 Å². The van der Waals surface area contributed by atoms with Gasteiger partial charge in [0, 0.05) is 32.0 Å². The van der Waals surface area contributed by atoms with Crippen molar-refractivity contribution in [1.29, 1.82) is 0 Å². The number of carbonyl (C=O) groups is 1. The molecule has 18 heavy (non-hydrogen) atoms. The monoisotopic (exact) mass is 246 g/mol.